The summed E-state index contributed by atoms with van der Waals surface area (Å²) in [5.74, 6) is 1.26. The van der Waals surface area contributed by atoms with E-state index < -0.39 is 0 Å². The normalized spacial score (nSPS) is 12.2. The maximum atomic E-state index is 5.64. The maximum absolute atomic E-state index is 5.64. The molecule has 1 atom stereocenters. The van der Waals surface area contributed by atoms with Crippen molar-refractivity contribution >= 4 is 5.82 Å². The molecule has 0 bridgehead atoms. The fourth-order valence-electron chi connectivity index (χ4n) is 1.17. The van der Waals surface area contributed by atoms with Gasteiger partial charge in [0.1, 0.15) is 5.82 Å². The van der Waals surface area contributed by atoms with E-state index in [1.165, 1.54) is 0 Å². The van der Waals surface area contributed by atoms with Gasteiger partial charge in [0, 0.05) is 12.6 Å². The van der Waals surface area contributed by atoms with Crippen LogP contribution < -0.4 is 15.8 Å². The molecule has 0 saturated heterocycles. The van der Waals surface area contributed by atoms with Gasteiger partial charge in [0.15, 0.2) is 0 Å². The molecule has 0 fully saturated rings. The highest BCUT2D eigenvalue weighted by Gasteiger charge is 1.98. The maximum Gasteiger partial charge on any atom is 0.233 e. The Balaban J connectivity index is 2.30. The standard InChI is InChI=1S/C10H18N4O/c1-8(11)4-3-5-13-9-6-12-7-10(14-9)15-2/h6-8H,3-5,11H2,1-2H3,(H,13,14). The van der Waals surface area contributed by atoms with E-state index in [1.807, 2.05) is 6.92 Å². The summed E-state index contributed by atoms with van der Waals surface area (Å²) in [6.07, 6.45) is 5.28. The molecule has 1 aromatic heterocycles. The number of nitrogens with zero attached hydrogens (tertiary/aromatic N) is 2. The average Bonchev–Trinajstić information content (AvgIpc) is 2.24. The third kappa shape index (κ3) is 4.60. The Labute approximate surface area is 90.1 Å². The number of ether oxygens (including phenoxy) is 1. The number of hydrogen-bond acceptors (Lipinski definition) is 5. The molecule has 1 unspecified atom stereocenters. The molecule has 0 aromatic carbocycles. The molecule has 15 heavy (non-hydrogen) atoms. The second-order valence-electron chi connectivity index (χ2n) is 3.49. The molecule has 5 heteroatoms. The highest BCUT2D eigenvalue weighted by molar-refractivity contribution is 5.32. The van der Waals surface area contributed by atoms with Crippen LogP contribution in [0.2, 0.25) is 0 Å². The van der Waals surface area contributed by atoms with Crippen LogP contribution in [0.5, 0.6) is 5.88 Å². The van der Waals surface area contributed by atoms with E-state index in [0.29, 0.717) is 5.88 Å². The van der Waals surface area contributed by atoms with Crippen molar-refractivity contribution in [2.45, 2.75) is 25.8 Å². The zero-order chi connectivity index (χ0) is 11.1. The van der Waals surface area contributed by atoms with Gasteiger partial charge in [-0.25, -0.2) is 0 Å². The summed E-state index contributed by atoms with van der Waals surface area (Å²) >= 11 is 0. The smallest absolute Gasteiger partial charge is 0.233 e. The van der Waals surface area contributed by atoms with Gasteiger partial charge in [-0.1, -0.05) is 0 Å². The number of nitrogens with one attached hydrogen (secondary N) is 1. The lowest BCUT2D eigenvalue weighted by Crippen LogP contribution is -2.16. The summed E-state index contributed by atoms with van der Waals surface area (Å²) in [4.78, 5) is 8.18. The average molecular weight is 210 g/mol. The van der Waals surface area contributed by atoms with Crippen molar-refractivity contribution in [3.05, 3.63) is 12.4 Å². The first kappa shape index (κ1) is 11.7. The van der Waals surface area contributed by atoms with Crippen molar-refractivity contribution in [2.75, 3.05) is 19.0 Å². The van der Waals surface area contributed by atoms with Crippen molar-refractivity contribution in [3.8, 4) is 5.88 Å². The van der Waals surface area contributed by atoms with Crippen LogP contribution in [0, 0.1) is 0 Å². The highest BCUT2D eigenvalue weighted by atomic mass is 16.5. The molecule has 0 aliphatic rings. The Bertz CT molecular complexity index is 291. The number of nitrogens with two attached hydrogens (primary N) is 1. The first-order valence-electron chi connectivity index (χ1n) is 5.08. The molecule has 1 aromatic rings. The lowest BCUT2D eigenvalue weighted by Gasteiger charge is -2.07. The van der Waals surface area contributed by atoms with Crippen molar-refractivity contribution in [1.29, 1.82) is 0 Å². The van der Waals surface area contributed by atoms with E-state index >= 15 is 0 Å². The number of rotatable bonds is 6. The van der Waals surface area contributed by atoms with Gasteiger partial charge in [0.2, 0.25) is 5.88 Å². The van der Waals surface area contributed by atoms with Crippen LogP contribution in [0.3, 0.4) is 0 Å². The summed E-state index contributed by atoms with van der Waals surface area (Å²) in [6.45, 7) is 2.86. The Morgan fingerprint density at radius 3 is 3.00 bits per heavy atom. The highest BCUT2D eigenvalue weighted by Crippen LogP contribution is 2.08. The Kier molecular flexibility index (Phi) is 4.83. The molecule has 0 saturated carbocycles. The van der Waals surface area contributed by atoms with Gasteiger partial charge in [0.25, 0.3) is 0 Å². The Morgan fingerprint density at radius 1 is 1.53 bits per heavy atom. The third-order valence-electron chi connectivity index (χ3n) is 1.96. The predicted octanol–water partition coefficient (Wildman–Crippen LogP) is 1.02. The zero-order valence-electron chi connectivity index (χ0n) is 9.23. The summed E-state index contributed by atoms with van der Waals surface area (Å²) < 4.78 is 4.97. The van der Waals surface area contributed by atoms with Crippen LogP contribution in [0.4, 0.5) is 5.82 Å². The largest absolute Gasteiger partial charge is 0.480 e. The molecule has 0 aliphatic carbocycles. The number of hydrogen-bond donors (Lipinski definition) is 2. The quantitative estimate of drug-likeness (QED) is 0.686. The lowest BCUT2D eigenvalue weighted by atomic mass is 10.2. The number of methoxy groups -OCH3 is 1. The summed E-state index contributed by atoms with van der Waals surface area (Å²) in [6, 6.07) is 0.253. The Hall–Kier alpha value is -1.36. The van der Waals surface area contributed by atoms with Crippen molar-refractivity contribution in [2.24, 2.45) is 5.73 Å². The van der Waals surface area contributed by atoms with Gasteiger partial charge >= 0.3 is 0 Å². The fraction of sp³-hybridized carbons (Fsp3) is 0.600. The third-order valence-corrected chi connectivity index (χ3v) is 1.96. The Morgan fingerprint density at radius 2 is 2.33 bits per heavy atom. The molecule has 84 valence electrons. The van der Waals surface area contributed by atoms with Crippen molar-refractivity contribution < 1.29 is 4.74 Å². The second-order valence-corrected chi connectivity index (χ2v) is 3.49. The predicted molar refractivity (Wildman–Crippen MR) is 60.0 cm³/mol. The molecule has 5 nitrogen and oxygen atoms in total. The van der Waals surface area contributed by atoms with E-state index in [4.69, 9.17) is 10.5 Å². The van der Waals surface area contributed by atoms with Crippen LogP contribution in [0.1, 0.15) is 19.8 Å². The monoisotopic (exact) mass is 210 g/mol. The van der Waals surface area contributed by atoms with E-state index in [9.17, 15) is 0 Å². The molecular weight excluding hydrogens is 192 g/mol. The molecule has 0 spiro atoms. The van der Waals surface area contributed by atoms with Gasteiger partial charge in [-0.2, -0.15) is 4.98 Å². The van der Waals surface area contributed by atoms with Crippen molar-refractivity contribution in [1.82, 2.24) is 9.97 Å². The molecule has 1 heterocycles. The van der Waals surface area contributed by atoms with Crippen LogP contribution in [-0.2, 0) is 0 Å². The first-order chi connectivity index (χ1) is 7.22. The van der Waals surface area contributed by atoms with Crippen molar-refractivity contribution in [3.63, 3.8) is 0 Å². The summed E-state index contributed by atoms with van der Waals surface area (Å²) in [7, 11) is 1.57. The van der Waals surface area contributed by atoms with Gasteiger partial charge in [-0.15, -0.1) is 0 Å². The molecular formula is C10H18N4O. The van der Waals surface area contributed by atoms with E-state index in [2.05, 4.69) is 15.3 Å². The fourth-order valence-corrected chi connectivity index (χ4v) is 1.17. The van der Waals surface area contributed by atoms with Gasteiger partial charge in [-0.3, -0.25) is 4.98 Å². The van der Waals surface area contributed by atoms with Gasteiger partial charge < -0.3 is 15.8 Å². The molecule has 0 amide bonds. The van der Waals surface area contributed by atoms with Crippen LogP contribution in [0.25, 0.3) is 0 Å². The van der Waals surface area contributed by atoms with Gasteiger partial charge in [-0.05, 0) is 19.8 Å². The minimum absolute atomic E-state index is 0.253. The van der Waals surface area contributed by atoms with Crippen LogP contribution in [-0.4, -0.2) is 29.7 Å². The first-order valence-corrected chi connectivity index (χ1v) is 5.08. The van der Waals surface area contributed by atoms with Gasteiger partial charge in [0.05, 0.1) is 19.5 Å². The molecule has 1 rings (SSSR count). The second kappa shape index (κ2) is 6.19. The topological polar surface area (TPSA) is 73.1 Å². The minimum Gasteiger partial charge on any atom is -0.480 e. The minimum atomic E-state index is 0.253. The summed E-state index contributed by atoms with van der Waals surface area (Å²) in [5.41, 5.74) is 5.64. The van der Waals surface area contributed by atoms with E-state index in [1.54, 1.807) is 19.5 Å². The van der Waals surface area contributed by atoms with E-state index in [0.717, 1.165) is 25.2 Å². The van der Waals surface area contributed by atoms with E-state index in [-0.39, 0.29) is 6.04 Å². The SMILES string of the molecule is COc1cncc(NCCCC(C)N)n1. The van der Waals surface area contributed by atoms with Crippen LogP contribution >= 0.6 is 0 Å². The zero-order valence-corrected chi connectivity index (χ0v) is 9.23. The summed E-state index contributed by atoms with van der Waals surface area (Å²) in [5, 5.41) is 3.17. The molecule has 0 radical (unpaired) electrons. The molecule has 3 N–H and O–H groups in total. The number of anilines is 1. The van der Waals surface area contributed by atoms with Crippen LogP contribution in [0.15, 0.2) is 12.4 Å². The molecule has 0 aliphatic heterocycles. The lowest BCUT2D eigenvalue weighted by molar-refractivity contribution is 0.396. The number of aromatic nitrogens is 2.